The number of fused-ring (bicyclic) bond motifs is 1. The van der Waals surface area contributed by atoms with Crippen molar-refractivity contribution in [3.63, 3.8) is 0 Å². The molecular weight excluding hydrogens is 213 g/mol. The summed E-state index contributed by atoms with van der Waals surface area (Å²) >= 11 is 0. The lowest BCUT2D eigenvalue weighted by atomic mass is 10.0. The fourth-order valence-corrected chi connectivity index (χ4v) is 3.97. The van der Waals surface area contributed by atoms with E-state index in [-0.39, 0.29) is 17.1 Å². The molecule has 0 aromatic heterocycles. The lowest BCUT2D eigenvalue weighted by Crippen LogP contribution is -2.26. The van der Waals surface area contributed by atoms with Gasteiger partial charge in [-0.2, -0.15) is 0 Å². The molecule has 1 aliphatic rings. The Hall–Kier alpha value is -0.740. The van der Waals surface area contributed by atoms with Crippen molar-refractivity contribution in [2.75, 3.05) is 7.05 Å². The third-order valence-electron chi connectivity index (χ3n) is 2.89. The summed E-state index contributed by atoms with van der Waals surface area (Å²) in [5.74, 6) is -0.311. The van der Waals surface area contributed by atoms with Crippen LogP contribution < -0.4 is 5.32 Å². The lowest BCUT2D eigenvalue weighted by Gasteiger charge is -2.16. The monoisotopic (exact) mass is 227 g/mol. The van der Waals surface area contributed by atoms with Crippen LogP contribution in [0, 0.1) is 5.82 Å². The predicted molar refractivity (Wildman–Crippen MR) is 58.7 cm³/mol. The summed E-state index contributed by atoms with van der Waals surface area (Å²) < 4.78 is 25.1. The molecule has 82 valence electrons. The number of nitrogens with one attached hydrogen (secondary N) is 1. The Morgan fingerprint density at radius 1 is 1.53 bits per heavy atom. The first-order valence-electron chi connectivity index (χ1n) is 5.06. The average molecular weight is 227 g/mol. The van der Waals surface area contributed by atoms with Crippen molar-refractivity contribution < 1.29 is 8.60 Å². The molecule has 3 atom stereocenters. The van der Waals surface area contributed by atoms with E-state index in [2.05, 4.69) is 5.32 Å². The van der Waals surface area contributed by atoms with Gasteiger partial charge in [0.25, 0.3) is 0 Å². The van der Waals surface area contributed by atoms with E-state index in [0.717, 1.165) is 12.0 Å². The number of hydrogen-bond acceptors (Lipinski definition) is 2. The van der Waals surface area contributed by atoms with Gasteiger partial charge in [-0.15, -0.1) is 0 Å². The van der Waals surface area contributed by atoms with Crippen LogP contribution in [0.2, 0.25) is 0 Å². The zero-order valence-electron chi connectivity index (χ0n) is 8.79. The van der Waals surface area contributed by atoms with Gasteiger partial charge >= 0.3 is 0 Å². The van der Waals surface area contributed by atoms with Crippen LogP contribution in [0.5, 0.6) is 0 Å². The highest BCUT2D eigenvalue weighted by molar-refractivity contribution is 7.86. The van der Waals surface area contributed by atoms with Crippen LogP contribution in [-0.2, 0) is 10.8 Å². The van der Waals surface area contributed by atoms with Gasteiger partial charge in [-0.25, -0.2) is 4.39 Å². The second-order valence-electron chi connectivity index (χ2n) is 3.69. The van der Waals surface area contributed by atoms with Gasteiger partial charge in [0.1, 0.15) is 5.82 Å². The van der Waals surface area contributed by atoms with E-state index < -0.39 is 10.8 Å². The zero-order valence-corrected chi connectivity index (χ0v) is 9.60. The van der Waals surface area contributed by atoms with Crippen LogP contribution in [0.1, 0.15) is 24.9 Å². The van der Waals surface area contributed by atoms with E-state index in [1.807, 2.05) is 14.0 Å². The predicted octanol–water partition coefficient (Wildman–Crippen LogP) is 1.99. The molecule has 4 heteroatoms. The molecule has 0 saturated carbocycles. The Morgan fingerprint density at radius 3 is 2.87 bits per heavy atom. The van der Waals surface area contributed by atoms with Crippen molar-refractivity contribution in [3.05, 3.63) is 29.6 Å². The topological polar surface area (TPSA) is 29.1 Å². The van der Waals surface area contributed by atoms with Gasteiger partial charge in [0.2, 0.25) is 0 Å². The first-order valence-corrected chi connectivity index (χ1v) is 6.27. The maximum absolute atomic E-state index is 13.0. The highest BCUT2D eigenvalue weighted by Crippen LogP contribution is 2.37. The molecule has 1 aromatic rings. The molecule has 1 aromatic carbocycles. The van der Waals surface area contributed by atoms with Crippen LogP contribution in [0.4, 0.5) is 4.39 Å². The minimum absolute atomic E-state index is 0.0619. The van der Waals surface area contributed by atoms with E-state index >= 15 is 0 Å². The molecule has 2 nitrogen and oxygen atoms in total. The number of rotatable bonds is 2. The van der Waals surface area contributed by atoms with Crippen LogP contribution in [0.25, 0.3) is 0 Å². The zero-order chi connectivity index (χ0) is 11.0. The molecule has 1 heterocycles. The molecule has 1 aliphatic heterocycles. The van der Waals surface area contributed by atoms with Gasteiger partial charge < -0.3 is 5.32 Å². The second-order valence-corrected chi connectivity index (χ2v) is 5.33. The molecule has 0 bridgehead atoms. The van der Waals surface area contributed by atoms with Crippen LogP contribution >= 0.6 is 0 Å². The molecule has 0 saturated heterocycles. The number of halogens is 1. The molecule has 0 aliphatic carbocycles. The first-order chi connectivity index (χ1) is 7.19. The fourth-order valence-electron chi connectivity index (χ4n) is 2.15. The Balaban J connectivity index is 2.51. The van der Waals surface area contributed by atoms with E-state index in [9.17, 15) is 8.60 Å². The molecule has 2 rings (SSSR count). The third-order valence-corrected chi connectivity index (χ3v) is 4.83. The van der Waals surface area contributed by atoms with Crippen molar-refractivity contribution >= 4 is 10.8 Å². The molecule has 0 amide bonds. The van der Waals surface area contributed by atoms with Gasteiger partial charge in [0, 0.05) is 10.9 Å². The quantitative estimate of drug-likeness (QED) is 0.837. The highest BCUT2D eigenvalue weighted by atomic mass is 32.2. The van der Waals surface area contributed by atoms with Crippen LogP contribution in [0.3, 0.4) is 0 Å². The molecule has 0 fully saturated rings. The summed E-state index contributed by atoms with van der Waals surface area (Å²) in [7, 11) is 0.772. The molecule has 1 N–H and O–H groups in total. The largest absolute Gasteiger partial charge is 0.312 e. The number of benzene rings is 1. The SMILES string of the molecule is CCC1C(NC)c2ccc(F)cc2S1=O. The van der Waals surface area contributed by atoms with Crippen molar-refractivity contribution in [2.45, 2.75) is 29.5 Å². The minimum atomic E-state index is -1.08. The summed E-state index contributed by atoms with van der Waals surface area (Å²) in [6.45, 7) is 2.01. The van der Waals surface area contributed by atoms with Crippen molar-refractivity contribution in [3.8, 4) is 0 Å². The fraction of sp³-hybridized carbons (Fsp3) is 0.455. The summed E-state index contributed by atoms with van der Waals surface area (Å²) in [5, 5.41) is 3.22. The summed E-state index contributed by atoms with van der Waals surface area (Å²) in [6, 6.07) is 4.65. The van der Waals surface area contributed by atoms with Crippen LogP contribution in [0.15, 0.2) is 23.1 Å². The van der Waals surface area contributed by atoms with Gasteiger partial charge in [0.15, 0.2) is 0 Å². The van der Waals surface area contributed by atoms with E-state index in [1.165, 1.54) is 12.1 Å². The Kier molecular flexibility index (Phi) is 2.89. The van der Waals surface area contributed by atoms with E-state index in [0.29, 0.717) is 4.90 Å². The smallest absolute Gasteiger partial charge is 0.124 e. The first kappa shape index (κ1) is 10.8. The Bertz CT molecular complexity index is 408. The van der Waals surface area contributed by atoms with Gasteiger partial charge in [-0.3, -0.25) is 4.21 Å². The second kappa shape index (κ2) is 4.02. The standard InChI is InChI=1S/C11H14FNOS/c1-3-9-11(13-2)8-5-4-7(12)6-10(8)15(9)14/h4-6,9,11,13H,3H2,1-2H3. The maximum atomic E-state index is 13.0. The molecular formula is C11H14FNOS. The minimum Gasteiger partial charge on any atom is -0.312 e. The third kappa shape index (κ3) is 1.62. The van der Waals surface area contributed by atoms with Crippen molar-refractivity contribution in [1.29, 1.82) is 0 Å². The average Bonchev–Trinajstić information content (AvgIpc) is 2.51. The van der Waals surface area contributed by atoms with Crippen molar-refractivity contribution in [1.82, 2.24) is 5.32 Å². The van der Waals surface area contributed by atoms with Gasteiger partial charge in [-0.1, -0.05) is 13.0 Å². The van der Waals surface area contributed by atoms with E-state index in [4.69, 9.17) is 0 Å². The molecule has 3 unspecified atom stereocenters. The Labute approximate surface area is 91.3 Å². The number of hydrogen-bond donors (Lipinski definition) is 1. The van der Waals surface area contributed by atoms with Gasteiger partial charge in [-0.05, 0) is 31.2 Å². The molecule has 0 spiro atoms. The molecule has 0 radical (unpaired) electrons. The highest BCUT2D eigenvalue weighted by Gasteiger charge is 2.36. The summed E-state index contributed by atoms with van der Waals surface area (Å²) in [4.78, 5) is 0.654. The summed E-state index contributed by atoms with van der Waals surface area (Å²) in [5.41, 5.74) is 0.976. The Morgan fingerprint density at radius 2 is 2.27 bits per heavy atom. The van der Waals surface area contributed by atoms with Crippen LogP contribution in [-0.4, -0.2) is 16.5 Å². The van der Waals surface area contributed by atoms with E-state index in [1.54, 1.807) is 6.07 Å². The molecule has 15 heavy (non-hydrogen) atoms. The summed E-state index contributed by atoms with van der Waals surface area (Å²) in [6.07, 6.45) is 0.828. The normalized spacial score (nSPS) is 29.1. The van der Waals surface area contributed by atoms with Gasteiger partial charge in [0.05, 0.1) is 16.0 Å². The van der Waals surface area contributed by atoms with Crippen molar-refractivity contribution in [2.24, 2.45) is 0 Å². The lowest BCUT2D eigenvalue weighted by molar-refractivity contribution is 0.551. The maximum Gasteiger partial charge on any atom is 0.124 e.